The zero-order valence-corrected chi connectivity index (χ0v) is 13.0. The van der Waals surface area contributed by atoms with Crippen molar-refractivity contribution in [2.45, 2.75) is 19.4 Å². The Labute approximate surface area is 135 Å². The van der Waals surface area contributed by atoms with E-state index in [0.717, 1.165) is 54.2 Å². The molecule has 0 aromatic heterocycles. The molecule has 22 heavy (non-hydrogen) atoms. The van der Waals surface area contributed by atoms with Crippen molar-refractivity contribution in [3.05, 3.63) is 69.7 Å². The highest BCUT2D eigenvalue weighted by molar-refractivity contribution is 6.31. The smallest absolute Gasteiger partial charge is 0.335 e. The highest BCUT2D eigenvalue weighted by atomic mass is 35.5. The molecule has 0 fully saturated rings. The van der Waals surface area contributed by atoms with Crippen LogP contribution in [0.15, 0.2) is 42.5 Å². The third-order valence-electron chi connectivity index (χ3n) is 4.23. The highest BCUT2D eigenvalue weighted by Crippen LogP contribution is 2.23. The van der Waals surface area contributed by atoms with Gasteiger partial charge in [0.25, 0.3) is 0 Å². The molecular weight excluding hydrogens is 298 g/mol. The summed E-state index contributed by atoms with van der Waals surface area (Å²) in [5.74, 6) is -0.832. The molecule has 0 radical (unpaired) electrons. The van der Waals surface area contributed by atoms with E-state index in [0.29, 0.717) is 5.56 Å². The molecule has 0 amide bonds. The van der Waals surface area contributed by atoms with Crippen LogP contribution in [-0.2, 0) is 19.4 Å². The quantitative estimate of drug-likeness (QED) is 0.936. The zero-order valence-electron chi connectivity index (χ0n) is 12.3. The van der Waals surface area contributed by atoms with Crippen molar-refractivity contribution in [3.63, 3.8) is 0 Å². The molecule has 0 unspecified atom stereocenters. The van der Waals surface area contributed by atoms with E-state index in [1.54, 1.807) is 6.07 Å². The molecule has 0 aliphatic carbocycles. The first-order valence-corrected chi connectivity index (χ1v) is 7.83. The molecule has 0 bridgehead atoms. The summed E-state index contributed by atoms with van der Waals surface area (Å²) in [7, 11) is 0. The van der Waals surface area contributed by atoms with E-state index < -0.39 is 5.97 Å². The average Bonchev–Trinajstić information content (AvgIpc) is 2.53. The van der Waals surface area contributed by atoms with Gasteiger partial charge in [-0.05, 0) is 41.7 Å². The van der Waals surface area contributed by atoms with E-state index in [1.165, 1.54) is 0 Å². The van der Waals surface area contributed by atoms with E-state index in [4.69, 9.17) is 11.6 Å². The van der Waals surface area contributed by atoms with Crippen molar-refractivity contribution in [1.82, 2.24) is 4.90 Å². The van der Waals surface area contributed by atoms with Crippen LogP contribution in [0.3, 0.4) is 0 Å². The van der Waals surface area contributed by atoms with Crippen LogP contribution in [0.4, 0.5) is 0 Å². The Balaban J connectivity index is 1.69. The number of hydrogen-bond donors (Lipinski definition) is 1. The van der Waals surface area contributed by atoms with E-state index >= 15 is 0 Å². The van der Waals surface area contributed by atoms with E-state index in [2.05, 4.69) is 11.0 Å². The van der Waals surface area contributed by atoms with Gasteiger partial charge in [0, 0.05) is 24.7 Å². The summed E-state index contributed by atoms with van der Waals surface area (Å²) in [6.07, 6.45) is 1.70. The van der Waals surface area contributed by atoms with Crippen LogP contribution in [0, 0.1) is 0 Å². The Hall–Kier alpha value is -1.84. The molecule has 2 aromatic rings. The second-order valence-electron chi connectivity index (χ2n) is 5.62. The Morgan fingerprint density at radius 1 is 1.18 bits per heavy atom. The monoisotopic (exact) mass is 315 g/mol. The van der Waals surface area contributed by atoms with Gasteiger partial charge in [-0.1, -0.05) is 41.9 Å². The van der Waals surface area contributed by atoms with Gasteiger partial charge in [-0.15, -0.1) is 0 Å². The average molecular weight is 316 g/mol. The number of rotatable bonds is 4. The SMILES string of the molecule is O=C(O)c1cccc2c1CCN(CCc1ccccc1Cl)C2. The van der Waals surface area contributed by atoms with Crippen LogP contribution in [0.2, 0.25) is 5.02 Å². The lowest BCUT2D eigenvalue weighted by atomic mass is 9.94. The highest BCUT2D eigenvalue weighted by Gasteiger charge is 2.21. The van der Waals surface area contributed by atoms with Crippen molar-refractivity contribution in [2.75, 3.05) is 13.1 Å². The zero-order chi connectivity index (χ0) is 15.5. The summed E-state index contributed by atoms with van der Waals surface area (Å²) in [6, 6.07) is 13.5. The lowest BCUT2D eigenvalue weighted by Crippen LogP contribution is -2.33. The van der Waals surface area contributed by atoms with E-state index in [9.17, 15) is 9.90 Å². The summed E-state index contributed by atoms with van der Waals surface area (Å²) in [5, 5.41) is 10.1. The maximum absolute atomic E-state index is 11.3. The minimum atomic E-state index is -0.832. The molecule has 0 saturated carbocycles. The molecule has 1 N–H and O–H groups in total. The Morgan fingerprint density at radius 2 is 2.00 bits per heavy atom. The van der Waals surface area contributed by atoms with Gasteiger partial charge in [0.05, 0.1) is 5.56 Å². The predicted molar refractivity (Wildman–Crippen MR) is 87.5 cm³/mol. The molecule has 0 spiro atoms. The van der Waals surface area contributed by atoms with Gasteiger partial charge in [0.1, 0.15) is 0 Å². The number of carboxylic acids is 1. The van der Waals surface area contributed by atoms with Gasteiger partial charge in [-0.2, -0.15) is 0 Å². The normalized spacial score (nSPS) is 14.6. The lowest BCUT2D eigenvalue weighted by Gasteiger charge is -2.29. The fourth-order valence-corrected chi connectivity index (χ4v) is 3.27. The van der Waals surface area contributed by atoms with Crippen molar-refractivity contribution >= 4 is 17.6 Å². The standard InChI is InChI=1S/C18H18ClNO2/c19-17-7-2-1-4-13(17)8-10-20-11-9-15-14(12-20)5-3-6-16(15)18(21)22/h1-7H,8-12H2,(H,21,22). The van der Waals surface area contributed by atoms with Crippen LogP contribution in [0.5, 0.6) is 0 Å². The van der Waals surface area contributed by atoms with Gasteiger partial charge >= 0.3 is 5.97 Å². The molecule has 3 rings (SSSR count). The molecule has 0 saturated heterocycles. The number of carbonyl (C=O) groups is 1. The molecule has 2 aromatic carbocycles. The Bertz CT molecular complexity index is 699. The summed E-state index contributed by atoms with van der Waals surface area (Å²) in [5.41, 5.74) is 3.73. The number of nitrogens with zero attached hydrogens (tertiary/aromatic N) is 1. The van der Waals surface area contributed by atoms with Crippen LogP contribution in [-0.4, -0.2) is 29.1 Å². The fraction of sp³-hybridized carbons (Fsp3) is 0.278. The minimum Gasteiger partial charge on any atom is -0.478 e. The maximum atomic E-state index is 11.3. The number of aromatic carboxylic acids is 1. The topological polar surface area (TPSA) is 40.5 Å². The maximum Gasteiger partial charge on any atom is 0.335 e. The minimum absolute atomic E-state index is 0.447. The summed E-state index contributed by atoms with van der Waals surface area (Å²) >= 11 is 6.19. The second-order valence-corrected chi connectivity index (χ2v) is 6.02. The number of hydrogen-bond acceptors (Lipinski definition) is 2. The molecule has 114 valence electrons. The van der Waals surface area contributed by atoms with E-state index in [-0.39, 0.29) is 0 Å². The molecule has 4 heteroatoms. The first-order valence-electron chi connectivity index (χ1n) is 7.45. The van der Waals surface area contributed by atoms with E-state index in [1.807, 2.05) is 30.3 Å². The van der Waals surface area contributed by atoms with Crippen LogP contribution in [0.25, 0.3) is 0 Å². The van der Waals surface area contributed by atoms with Gasteiger partial charge in [0.2, 0.25) is 0 Å². The fourth-order valence-electron chi connectivity index (χ4n) is 3.04. The predicted octanol–water partition coefficient (Wildman–Crippen LogP) is 3.64. The molecule has 1 heterocycles. The van der Waals surface area contributed by atoms with Crippen LogP contribution < -0.4 is 0 Å². The van der Waals surface area contributed by atoms with Gasteiger partial charge in [0.15, 0.2) is 0 Å². The Morgan fingerprint density at radius 3 is 2.77 bits per heavy atom. The number of carboxylic acid groups (broad SMARTS) is 1. The molecule has 1 aliphatic rings. The van der Waals surface area contributed by atoms with Crippen molar-refractivity contribution in [1.29, 1.82) is 0 Å². The number of halogens is 1. The first kappa shape index (κ1) is 15.1. The van der Waals surface area contributed by atoms with Gasteiger partial charge in [-0.25, -0.2) is 4.79 Å². The van der Waals surface area contributed by atoms with Crippen molar-refractivity contribution < 1.29 is 9.90 Å². The van der Waals surface area contributed by atoms with Crippen LogP contribution >= 0.6 is 11.6 Å². The second kappa shape index (κ2) is 6.51. The summed E-state index contributed by atoms with van der Waals surface area (Å²) in [4.78, 5) is 13.6. The molecule has 1 aliphatic heterocycles. The molecule has 3 nitrogen and oxygen atoms in total. The summed E-state index contributed by atoms with van der Waals surface area (Å²) in [6.45, 7) is 2.63. The Kier molecular flexibility index (Phi) is 4.46. The van der Waals surface area contributed by atoms with Crippen LogP contribution in [0.1, 0.15) is 27.0 Å². The molecule has 0 atom stereocenters. The number of benzene rings is 2. The third kappa shape index (κ3) is 3.16. The lowest BCUT2D eigenvalue weighted by molar-refractivity contribution is 0.0694. The van der Waals surface area contributed by atoms with Crippen molar-refractivity contribution in [3.8, 4) is 0 Å². The summed E-state index contributed by atoms with van der Waals surface area (Å²) < 4.78 is 0. The first-order chi connectivity index (χ1) is 10.6. The third-order valence-corrected chi connectivity index (χ3v) is 4.60. The molecular formula is C18H18ClNO2. The van der Waals surface area contributed by atoms with Crippen molar-refractivity contribution in [2.24, 2.45) is 0 Å². The van der Waals surface area contributed by atoms with Gasteiger partial charge < -0.3 is 5.11 Å². The number of fused-ring (bicyclic) bond motifs is 1. The largest absolute Gasteiger partial charge is 0.478 e. The van der Waals surface area contributed by atoms with Gasteiger partial charge in [-0.3, -0.25) is 4.90 Å².